The van der Waals surface area contributed by atoms with Crippen LogP contribution >= 0.6 is 0 Å². The highest BCUT2D eigenvalue weighted by Crippen LogP contribution is 2.34. The van der Waals surface area contributed by atoms with Crippen molar-refractivity contribution in [2.75, 3.05) is 7.05 Å². The molecule has 2 atom stereocenters. The molecule has 28 heavy (non-hydrogen) atoms. The lowest BCUT2D eigenvalue weighted by molar-refractivity contribution is -0.163. The lowest BCUT2D eigenvalue weighted by atomic mass is 9.76. The van der Waals surface area contributed by atoms with Crippen molar-refractivity contribution < 1.29 is 14.3 Å². The van der Waals surface area contributed by atoms with Gasteiger partial charge in [0, 0.05) is 32.0 Å². The van der Waals surface area contributed by atoms with Crippen molar-refractivity contribution in [2.45, 2.75) is 49.8 Å². The topological polar surface area (TPSA) is 99.6 Å². The molecule has 2 unspecified atom stereocenters. The van der Waals surface area contributed by atoms with E-state index in [1.54, 1.807) is 7.05 Å². The monoisotopic (exact) mass is 383 g/mol. The van der Waals surface area contributed by atoms with Gasteiger partial charge >= 0.3 is 0 Å². The van der Waals surface area contributed by atoms with E-state index in [0.29, 0.717) is 26.1 Å². The fraction of sp³-hybridized carbons (Fsp3) is 0.409. The van der Waals surface area contributed by atoms with Gasteiger partial charge in [-0.15, -0.1) is 0 Å². The molecule has 0 aromatic heterocycles. The molecule has 0 saturated heterocycles. The molecule has 0 heterocycles. The highest BCUT2D eigenvalue weighted by atomic mass is 16.5. The number of nitrogens with two attached hydrogens (primary N) is 2. The van der Waals surface area contributed by atoms with Crippen LogP contribution in [0.25, 0.3) is 0 Å². The predicted molar refractivity (Wildman–Crippen MR) is 108 cm³/mol. The largest absolute Gasteiger partial charge is 0.370 e. The standard InChI is InChI=1S/C22H29N3O3/c1-25-21(26)22(28-15-17-10-6-3-7-11-17)12-18(23)20(19(24)13-22)27-14-16-8-4-2-5-9-16/h2-11,18-20H,12-15,23-24H2,1H3,(H,25,26). The molecule has 1 aliphatic carbocycles. The van der Waals surface area contributed by atoms with Crippen molar-refractivity contribution in [3.8, 4) is 0 Å². The van der Waals surface area contributed by atoms with E-state index < -0.39 is 17.7 Å². The lowest BCUT2D eigenvalue weighted by Crippen LogP contribution is -2.64. The summed E-state index contributed by atoms with van der Waals surface area (Å²) < 4.78 is 12.2. The molecular formula is C22H29N3O3. The normalized spacial score (nSPS) is 27.3. The van der Waals surface area contributed by atoms with Gasteiger partial charge in [-0.3, -0.25) is 4.79 Å². The third kappa shape index (κ3) is 4.77. The highest BCUT2D eigenvalue weighted by molar-refractivity contribution is 5.85. The molecule has 1 fully saturated rings. The van der Waals surface area contributed by atoms with E-state index in [4.69, 9.17) is 20.9 Å². The molecule has 6 nitrogen and oxygen atoms in total. The SMILES string of the molecule is CNC(=O)C1(OCc2ccccc2)CC(N)C(OCc2ccccc2)C(N)C1. The number of ether oxygens (including phenoxy) is 2. The van der Waals surface area contributed by atoms with E-state index in [2.05, 4.69) is 5.32 Å². The molecule has 0 aliphatic heterocycles. The fourth-order valence-electron chi connectivity index (χ4n) is 3.80. The maximum Gasteiger partial charge on any atom is 0.252 e. The minimum Gasteiger partial charge on any atom is -0.370 e. The molecule has 2 aromatic carbocycles. The maximum absolute atomic E-state index is 12.7. The van der Waals surface area contributed by atoms with Crippen LogP contribution in [0, 0.1) is 0 Å². The van der Waals surface area contributed by atoms with Gasteiger partial charge in [-0.2, -0.15) is 0 Å². The zero-order chi connectivity index (χ0) is 20.0. The van der Waals surface area contributed by atoms with Crippen LogP contribution in [0.2, 0.25) is 0 Å². The van der Waals surface area contributed by atoms with Crippen LogP contribution in [-0.2, 0) is 27.5 Å². The summed E-state index contributed by atoms with van der Waals surface area (Å²) >= 11 is 0. The molecule has 150 valence electrons. The molecule has 5 N–H and O–H groups in total. The smallest absolute Gasteiger partial charge is 0.252 e. The summed E-state index contributed by atoms with van der Waals surface area (Å²) in [5.74, 6) is -0.198. The third-order valence-electron chi connectivity index (χ3n) is 5.26. The molecule has 1 aliphatic rings. The van der Waals surface area contributed by atoms with Crippen LogP contribution in [0.1, 0.15) is 24.0 Å². The number of benzene rings is 2. The molecule has 0 radical (unpaired) electrons. The first-order chi connectivity index (χ1) is 13.5. The van der Waals surface area contributed by atoms with E-state index in [-0.39, 0.29) is 12.0 Å². The first-order valence-electron chi connectivity index (χ1n) is 9.61. The minimum absolute atomic E-state index is 0.198. The van der Waals surface area contributed by atoms with E-state index in [1.165, 1.54) is 0 Å². The van der Waals surface area contributed by atoms with Gasteiger partial charge < -0.3 is 26.3 Å². The van der Waals surface area contributed by atoms with Crippen LogP contribution < -0.4 is 16.8 Å². The molecule has 1 saturated carbocycles. The first-order valence-corrected chi connectivity index (χ1v) is 9.61. The molecule has 1 amide bonds. The summed E-state index contributed by atoms with van der Waals surface area (Å²) in [6.45, 7) is 0.758. The number of carbonyl (C=O) groups is 1. The van der Waals surface area contributed by atoms with Crippen LogP contribution in [0.5, 0.6) is 0 Å². The van der Waals surface area contributed by atoms with E-state index >= 15 is 0 Å². The van der Waals surface area contributed by atoms with Crippen molar-refractivity contribution in [3.05, 3.63) is 71.8 Å². The number of nitrogens with one attached hydrogen (secondary N) is 1. The maximum atomic E-state index is 12.7. The zero-order valence-electron chi connectivity index (χ0n) is 16.2. The van der Waals surface area contributed by atoms with Crippen molar-refractivity contribution in [1.29, 1.82) is 0 Å². The Morgan fingerprint density at radius 1 is 0.964 bits per heavy atom. The van der Waals surface area contributed by atoms with Gasteiger partial charge in [-0.25, -0.2) is 0 Å². The number of amides is 1. The van der Waals surface area contributed by atoms with E-state index in [1.807, 2.05) is 60.7 Å². The zero-order valence-corrected chi connectivity index (χ0v) is 16.2. The Morgan fingerprint density at radius 3 is 1.96 bits per heavy atom. The van der Waals surface area contributed by atoms with Gasteiger partial charge in [-0.05, 0) is 11.1 Å². The van der Waals surface area contributed by atoms with E-state index in [0.717, 1.165) is 11.1 Å². The van der Waals surface area contributed by atoms with Gasteiger partial charge in [-0.1, -0.05) is 60.7 Å². The van der Waals surface area contributed by atoms with Crippen LogP contribution in [0.3, 0.4) is 0 Å². The Balaban J connectivity index is 1.68. The van der Waals surface area contributed by atoms with E-state index in [9.17, 15) is 4.79 Å². The van der Waals surface area contributed by atoms with Gasteiger partial charge in [0.15, 0.2) is 0 Å². The highest BCUT2D eigenvalue weighted by Gasteiger charge is 2.49. The Labute approximate surface area is 166 Å². The van der Waals surface area contributed by atoms with Gasteiger partial charge in [0.25, 0.3) is 5.91 Å². The Morgan fingerprint density at radius 2 is 1.46 bits per heavy atom. The summed E-state index contributed by atoms with van der Waals surface area (Å²) in [4.78, 5) is 12.7. The summed E-state index contributed by atoms with van der Waals surface area (Å²) in [5.41, 5.74) is 13.8. The average molecular weight is 383 g/mol. The number of likely N-dealkylation sites (N-methyl/N-ethyl adjacent to an activating group) is 1. The predicted octanol–water partition coefficient (Wildman–Crippen LogP) is 1.72. The second kappa shape index (κ2) is 9.30. The van der Waals surface area contributed by atoms with Gasteiger partial charge in [0.1, 0.15) is 5.60 Å². The summed E-state index contributed by atoms with van der Waals surface area (Å²) in [5, 5.41) is 2.71. The second-order valence-corrected chi connectivity index (χ2v) is 7.34. The number of hydrogen-bond donors (Lipinski definition) is 3. The first kappa shape index (κ1) is 20.5. The Kier molecular flexibility index (Phi) is 6.80. The van der Waals surface area contributed by atoms with Crippen molar-refractivity contribution in [1.82, 2.24) is 5.32 Å². The van der Waals surface area contributed by atoms with Gasteiger partial charge in [0.2, 0.25) is 0 Å². The van der Waals surface area contributed by atoms with Crippen molar-refractivity contribution >= 4 is 5.91 Å². The summed E-state index contributed by atoms with van der Waals surface area (Å²) in [6, 6.07) is 18.8. The second-order valence-electron chi connectivity index (χ2n) is 7.34. The Bertz CT molecular complexity index is 742. The molecule has 3 rings (SSSR count). The molecule has 0 bridgehead atoms. The molecule has 2 aromatic rings. The third-order valence-corrected chi connectivity index (χ3v) is 5.26. The van der Waals surface area contributed by atoms with Crippen LogP contribution in [0.15, 0.2) is 60.7 Å². The van der Waals surface area contributed by atoms with Crippen molar-refractivity contribution in [3.63, 3.8) is 0 Å². The molecular weight excluding hydrogens is 354 g/mol. The summed E-state index contributed by atoms with van der Waals surface area (Å²) in [7, 11) is 1.60. The fourth-order valence-corrected chi connectivity index (χ4v) is 3.80. The number of carbonyl (C=O) groups excluding carboxylic acids is 1. The van der Waals surface area contributed by atoms with Crippen LogP contribution in [0.4, 0.5) is 0 Å². The molecule has 6 heteroatoms. The number of hydrogen-bond acceptors (Lipinski definition) is 5. The number of rotatable bonds is 7. The minimum atomic E-state index is -1.06. The lowest BCUT2D eigenvalue weighted by Gasteiger charge is -2.44. The quantitative estimate of drug-likeness (QED) is 0.676. The summed E-state index contributed by atoms with van der Waals surface area (Å²) in [6.07, 6.45) is 0.373. The molecule has 0 spiro atoms. The Hall–Kier alpha value is -2.25. The van der Waals surface area contributed by atoms with Crippen LogP contribution in [-0.4, -0.2) is 36.7 Å². The average Bonchev–Trinajstić information content (AvgIpc) is 2.72. The van der Waals surface area contributed by atoms with Crippen molar-refractivity contribution in [2.24, 2.45) is 11.5 Å². The van der Waals surface area contributed by atoms with Gasteiger partial charge in [0.05, 0.1) is 19.3 Å².